The van der Waals surface area contributed by atoms with Crippen LogP contribution in [0.5, 0.6) is 0 Å². The molecule has 5 rings (SSSR count). The quantitative estimate of drug-likeness (QED) is 0.440. The molecule has 2 aromatic carbocycles. The molecule has 29 heavy (non-hydrogen) atoms. The Morgan fingerprint density at radius 2 is 1.59 bits per heavy atom. The standard InChI is InChI=1S/C25H22ClNO2/c1-27-21-11-9-16(26)15-20(21)25(13-5-2-6-14-25)22(27)12-10-19-23(28)17-7-3-4-8-18(17)24(19)29/h3-4,7-12,15H,2,5-6,13-14H2,1H3/b22-12+. The molecule has 0 radical (unpaired) electrons. The predicted molar refractivity (Wildman–Crippen MR) is 116 cm³/mol. The number of hydrogen-bond donors (Lipinski definition) is 0. The maximum absolute atomic E-state index is 12.8. The molecule has 0 N–H and O–H groups in total. The van der Waals surface area contributed by atoms with Gasteiger partial charge in [0.05, 0.1) is 5.57 Å². The van der Waals surface area contributed by atoms with E-state index in [2.05, 4.69) is 24.1 Å². The zero-order valence-corrected chi connectivity index (χ0v) is 17.1. The molecular weight excluding hydrogens is 382 g/mol. The first-order chi connectivity index (χ1) is 14.0. The van der Waals surface area contributed by atoms with Crippen LogP contribution < -0.4 is 4.90 Å². The second kappa shape index (κ2) is 6.70. The summed E-state index contributed by atoms with van der Waals surface area (Å²) in [5, 5.41) is 0.748. The van der Waals surface area contributed by atoms with Crippen LogP contribution in [0.3, 0.4) is 0 Å². The van der Waals surface area contributed by atoms with Gasteiger partial charge in [-0.15, -0.1) is 0 Å². The van der Waals surface area contributed by atoms with Crippen LogP contribution in [0, 0.1) is 0 Å². The van der Waals surface area contributed by atoms with Crippen molar-refractivity contribution in [3.05, 3.63) is 87.6 Å². The number of Topliss-reactive ketones (excluding diaryl/α,β-unsaturated/α-hetero) is 2. The normalized spacial score (nSPS) is 21.1. The van der Waals surface area contributed by atoms with E-state index >= 15 is 0 Å². The molecule has 1 saturated carbocycles. The van der Waals surface area contributed by atoms with Crippen molar-refractivity contribution in [3.8, 4) is 0 Å². The van der Waals surface area contributed by atoms with E-state index in [0.717, 1.165) is 42.1 Å². The first-order valence-electron chi connectivity index (χ1n) is 10.2. The van der Waals surface area contributed by atoms with Gasteiger partial charge in [-0.1, -0.05) is 55.1 Å². The van der Waals surface area contributed by atoms with E-state index < -0.39 is 0 Å². The third-order valence-electron chi connectivity index (χ3n) is 6.71. The third kappa shape index (κ3) is 2.64. The summed E-state index contributed by atoms with van der Waals surface area (Å²) in [5.74, 6) is -0.359. The van der Waals surface area contributed by atoms with Crippen molar-refractivity contribution in [1.29, 1.82) is 0 Å². The van der Waals surface area contributed by atoms with Crippen LogP contribution in [-0.4, -0.2) is 18.6 Å². The SMILES string of the molecule is CN1/C(=C/C=C2C(=O)c3ccccc3C2=O)C2(CCCCC2)c2cc(Cl)ccc21. The topological polar surface area (TPSA) is 37.4 Å². The molecule has 3 aliphatic rings. The molecule has 2 aromatic rings. The number of fused-ring (bicyclic) bond motifs is 3. The number of anilines is 1. The molecule has 1 spiro atoms. The summed E-state index contributed by atoms with van der Waals surface area (Å²) in [6.45, 7) is 0. The summed E-state index contributed by atoms with van der Waals surface area (Å²) < 4.78 is 0. The van der Waals surface area contributed by atoms with Gasteiger partial charge in [0.2, 0.25) is 0 Å². The molecule has 0 saturated heterocycles. The summed E-state index contributed by atoms with van der Waals surface area (Å²) in [7, 11) is 2.06. The number of benzene rings is 2. The van der Waals surface area contributed by atoms with E-state index in [1.807, 2.05) is 12.1 Å². The Bertz CT molecular complexity index is 1070. The first-order valence-corrected chi connectivity index (χ1v) is 10.6. The lowest BCUT2D eigenvalue weighted by Gasteiger charge is -2.36. The minimum Gasteiger partial charge on any atom is -0.347 e. The number of hydrogen-bond acceptors (Lipinski definition) is 3. The van der Waals surface area contributed by atoms with Gasteiger partial charge in [-0.05, 0) is 48.8 Å². The second-order valence-electron chi connectivity index (χ2n) is 8.20. The fourth-order valence-corrected chi connectivity index (χ4v) is 5.48. The van der Waals surface area contributed by atoms with Crippen LogP contribution in [0.2, 0.25) is 5.02 Å². The monoisotopic (exact) mass is 403 g/mol. The summed E-state index contributed by atoms with van der Waals surface area (Å²) in [6.07, 6.45) is 9.41. The number of carbonyl (C=O) groups is 2. The number of allylic oxidation sites excluding steroid dienone is 4. The maximum Gasteiger partial charge on any atom is 0.197 e. The van der Waals surface area contributed by atoms with Gasteiger partial charge in [-0.25, -0.2) is 0 Å². The van der Waals surface area contributed by atoms with E-state index in [1.165, 1.54) is 12.0 Å². The van der Waals surface area contributed by atoms with Gasteiger partial charge in [0, 0.05) is 40.0 Å². The molecule has 4 heteroatoms. The van der Waals surface area contributed by atoms with E-state index in [9.17, 15) is 9.59 Å². The van der Waals surface area contributed by atoms with Crippen LogP contribution in [0.25, 0.3) is 0 Å². The van der Waals surface area contributed by atoms with Gasteiger partial charge >= 0.3 is 0 Å². The van der Waals surface area contributed by atoms with Gasteiger partial charge in [0.15, 0.2) is 11.6 Å². The fourth-order valence-electron chi connectivity index (χ4n) is 5.31. The van der Waals surface area contributed by atoms with Crippen LogP contribution in [-0.2, 0) is 5.41 Å². The Balaban J connectivity index is 1.62. The van der Waals surface area contributed by atoms with Crippen molar-refractivity contribution in [3.63, 3.8) is 0 Å². The highest BCUT2D eigenvalue weighted by Gasteiger charge is 2.46. The Morgan fingerprint density at radius 3 is 2.24 bits per heavy atom. The van der Waals surface area contributed by atoms with Crippen molar-refractivity contribution < 1.29 is 9.59 Å². The lowest BCUT2D eigenvalue weighted by Crippen LogP contribution is -2.31. The van der Waals surface area contributed by atoms with Gasteiger partial charge in [0.1, 0.15) is 0 Å². The lowest BCUT2D eigenvalue weighted by atomic mass is 9.68. The minimum absolute atomic E-state index is 0.0954. The molecule has 0 amide bonds. The zero-order valence-electron chi connectivity index (χ0n) is 16.4. The zero-order chi connectivity index (χ0) is 20.2. The van der Waals surface area contributed by atoms with Crippen LogP contribution in [0.1, 0.15) is 58.4 Å². The fraction of sp³-hybridized carbons (Fsp3) is 0.280. The van der Waals surface area contributed by atoms with Crippen molar-refractivity contribution in [2.45, 2.75) is 37.5 Å². The number of ketones is 2. The molecular formula is C25H22ClNO2. The third-order valence-corrected chi connectivity index (χ3v) is 6.94. The van der Waals surface area contributed by atoms with Crippen molar-refractivity contribution in [1.82, 2.24) is 0 Å². The Kier molecular flexibility index (Phi) is 4.25. The van der Waals surface area contributed by atoms with E-state index in [-0.39, 0.29) is 22.6 Å². The van der Waals surface area contributed by atoms with Gasteiger partial charge in [-0.2, -0.15) is 0 Å². The molecule has 0 aromatic heterocycles. The summed E-state index contributed by atoms with van der Waals surface area (Å²) >= 11 is 6.35. The predicted octanol–water partition coefficient (Wildman–Crippen LogP) is 5.88. The molecule has 0 unspecified atom stereocenters. The van der Waals surface area contributed by atoms with E-state index in [4.69, 9.17) is 11.6 Å². The highest BCUT2D eigenvalue weighted by molar-refractivity contribution is 6.39. The average molecular weight is 404 g/mol. The molecule has 1 fully saturated rings. The molecule has 146 valence electrons. The Labute approximate surface area is 175 Å². The molecule has 3 nitrogen and oxygen atoms in total. The summed E-state index contributed by atoms with van der Waals surface area (Å²) in [6, 6.07) is 13.1. The maximum atomic E-state index is 12.8. The summed E-state index contributed by atoms with van der Waals surface area (Å²) in [4.78, 5) is 27.7. The first kappa shape index (κ1) is 18.4. The smallest absolute Gasteiger partial charge is 0.197 e. The number of carbonyl (C=O) groups excluding carboxylic acids is 2. The highest BCUT2D eigenvalue weighted by atomic mass is 35.5. The molecule has 1 heterocycles. The van der Waals surface area contributed by atoms with Gasteiger partial charge in [-0.3, -0.25) is 9.59 Å². The number of nitrogens with zero attached hydrogens (tertiary/aromatic N) is 1. The number of likely N-dealkylation sites (N-methyl/N-ethyl adjacent to an activating group) is 1. The van der Waals surface area contributed by atoms with Crippen molar-refractivity contribution in [2.75, 3.05) is 11.9 Å². The largest absolute Gasteiger partial charge is 0.347 e. The molecule has 0 atom stereocenters. The Morgan fingerprint density at radius 1 is 0.931 bits per heavy atom. The van der Waals surface area contributed by atoms with Gasteiger partial charge in [0.25, 0.3) is 0 Å². The molecule has 2 aliphatic carbocycles. The molecule has 1 aliphatic heterocycles. The number of halogens is 1. The van der Waals surface area contributed by atoms with E-state index in [0.29, 0.717) is 11.1 Å². The Hall–Kier alpha value is -2.65. The van der Waals surface area contributed by atoms with E-state index in [1.54, 1.807) is 30.3 Å². The van der Waals surface area contributed by atoms with Crippen molar-refractivity contribution in [2.24, 2.45) is 0 Å². The van der Waals surface area contributed by atoms with Crippen LogP contribution in [0.15, 0.2) is 65.9 Å². The number of rotatable bonds is 1. The highest BCUT2D eigenvalue weighted by Crippen LogP contribution is 2.55. The van der Waals surface area contributed by atoms with Gasteiger partial charge < -0.3 is 4.90 Å². The average Bonchev–Trinajstić information content (AvgIpc) is 3.10. The second-order valence-corrected chi connectivity index (χ2v) is 8.64. The van der Waals surface area contributed by atoms with Crippen LogP contribution in [0.4, 0.5) is 5.69 Å². The van der Waals surface area contributed by atoms with Crippen molar-refractivity contribution >= 4 is 28.9 Å². The summed E-state index contributed by atoms with van der Waals surface area (Å²) in [5.41, 5.74) is 4.75. The van der Waals surface area contributed by atoms with Crippen LogP contribution >= 0.6 is 11.6 Å². The lowest BCUT2D eigenvalue weighted by molar-refractivity contribution is 0.0989. The minimum atomic E-state index is -0.179. The molecule has 0 bridgehead atoms.